The monoisotopic (exact) mass is 436 g/mol. The Morgan fingerprint density at radius 3 is 2.75 bits per heavy atom. The van der Waals surface area contributed by atoms with Gasteiger partial charge in [-0.1, -0.05) is 24.3 Å². The van der Waals surface area contributed by atoms with E-state index in [0.717, 1.165) is 21.4 Å². The summed E-state index contributed by atoms with van der Waals surface area (Å²) in [5, 5.41) is 5.64. The number of halogens is 1. The van der Waals surface area contributed by atoms with Gasteiger partial charge in [0.05, 0.1) is 18.5 Å². The maximum absolute atomic E-state index is 12.4. The molecule has 0 aliphatic heterocycles. The number of amides is 2. The van der Waals surface area contributed by atoms with Crippen molar-refractivity contribution >= 4 is 39.0 Å². The summed E-state index contributed by atoms with van der Waals surface area (Å²) in [4.78, 5) is 17.0. The first-order valence-corrected chi connectivity index (χ1v) is 9.37. The SMILES string of the molecule is COc1ccccc1NC(=O)Nc1cccc(-c2cn3cc(Br)ccc3n2)c1. The van der Waals surface area contributed by atoms with Crippen LogP contribution in [0.15, 0.2) is 77.5 Å². The molecule has 0 saturated carbocycles. The van der Waals surface area contributed by atoms with Crippen molar-refractivity contribution in [1.29, 1.82) is 0 Å². The van der Waals surface area contributed by atoms with Crippen LogP contribution >= 0.6 is 15.9 Å². The average molecular weight is 437 g/mol. The van der Waals surface area contributed by atoms with Crippen molar-refractivity contribution in [3.05, 3.63) is 77.5 Å². The number of aromatic nitrogens is 2. The minimum absolute atomic E-state index is 0.347. The van der Waals surface area contributed by atoms with E-state index in [4.69, 9.17) is 4.74 Å². The van der Waals surface area contributed by atoms with Crippen LogP contribution in [0.4, 0.5) is 16.2 Å². The number of methoxy groups -OCH3 is 1. The molecule has 2 aromatic heterocycles. The van der Waals surface area contributed by atoms with E-state index in [-0.39, 0.29) is 6.03 Å². The third-order valence-electron chi connectivity index (χ3n) is 4.19. The lowest BCUT2D eigenvalue weighted by atomic mass is 10.1. The third kappa shape index (κ3) is 3.84. The van der Waals surface area contributed by atoms with Gasteiger partial charge in [-0.2, -0.15) is 0 Å². The number of nitrogens with zero attached hydrogens (tertiary/aromatic N) is 2. The molecule has 140 valence electrons. The zero-order chi connectivity index (χ0) is 19.5. The summed E-state index contributed by atoms with van der Waals surface area (Å²) in [6, 6.07) is 18.4. The summed E-state index contributed by atoms with van der Waals surface area (Å²) in [5.74, 6) is 0.599. The molecule has 0 bridgehead atoms. The van der Waals surface area contributed by atoms with Crippen LogP contribution in [0.2, 0.25) is 0 Å². The second-order valence-electron chi connectivity index (χ2n) is 6.10. The Morgan fingerprint density at radius 2 is 1.89 bits per heavy atom. The van der Waals surface area contributed by atoms with Crippen molar-refractivity contribution in [3.8, 4) is 17.0 Å². The van der Waals surface area contributed by atoms with Crippen molar-refractivity contribution in [3.63, 3.8) is 0 Å². The number of imidazole rings is 1. The van der Waals surface area contributed by atoms with Crippen LogP contribution in [-0.4, -0.2) is 22.5 Å². The lowest BCUT2D eigenvalue weighted by Gasteiger charge is -2.11. The molecule has 2 N–H and O–H groups in total. The Bertz CT molecular complexity index is 1160. The number of carbonyl (C=O) groups excluding carboxylic acids is 1. The highest BCUT2D eigenvalue weighted by molar-refractivity contribution is 9.10. The summed E-state index contributed by atoms with van der Waals surface area (Å²) in [6.07, 6.45) is 3.91. The maximum Gasteiger partial charge on any atom is 0.323 e. The number of urea groups is 1. The van der Waals surface area contributed by atoms with Crippen molar-refractivity contribution in [2.45, 2.75) is 0 Å². The number of pyridine rings is 1. The van der Waals surface area contributed by atoms with Gasteiger partial charge in [-0.15, -0.1) is 0 Å². The molecular formula is C21H17BrN4O2. The molecule has 4 aromatic rings. The molecule has 2 aromatic carbocycles. The predicted octanol–water partition coefficient (Wildman–Crippen LogP) is 5.42. The van der Waals surface area contributed by atoms with E-state index in [2.05, 4.69) is 31.5 Å². The van der Waals surface area contributed by atoms with Crippen LogP contribution in [0.1, 0.15) is 0 Å². The Labute approximate surface area is 170 Å². The Morgan fingerprint density at radius 1 is 1.04 bits per heavy atom. The van der Waals surface area contributed by atoms with Gasteiger partial charge in [0.25, 0.3) is 0 Å². The molecule has 0 atom stereocenters. The van der Waals surface area contributed by atoms with Gasteiger partial charge in [0.1, 0.15) is 11.4 Å². The van der Waals surface area contributed by atoms with E-state index in [1.165, 1.54) is 0 Å². The fraction of sp³-hybridized carbons (Fsp3) is 0.0476. The molecular weight excluding hydrogens is 420 g/mol. The molecule has 6 nitrogen and oxygen atoms in total. The second-order valence-corrected chi connectivity index (χ2v) is 7.01. The Kier molecular flexibility index (Phi) is 4.99. The number of hydrogen-bond acceptors (Lipinski definition) is 3. The molecule has 4 rings (SSSR count). The summed E-state index contributed by atoms with van der Waals surface area (Å²) in [5.41, 5.74) is 3.86. The molecule has 2 heterocycles. The molecule has 0 saturated heterocycles. The Hall–Kier alpha value is -3.32. The Balaban J connectivity index is 1.54. The van der Waals surface area contributed by atoms with Crippen LogP contribution < -0.4 is 15.4 Å². The molecule has 7 heteroatoms. The predicted molar refractivity (Wildman–Crippen MR) is 114 cm³/mol. The minimum atomic E-state index is -0.347. The largest absolute Gasteiger partial charge is 0.495 e. The number of anilines is 2. The molecule has 0 radical (unpaired) electrons. The quantitative estimate of drug-likeness (QED) is 0.448. The first-order valence-electron chi connectivity index (χ1n) is 8.58. The third-order valence-corrected chi connectivity index (χ3v) is 4.66. The molecule has 0 aliphatic carbocycles. The highest BCUT2D eigenvalue weighted by atomic mass is 79.9. The number of benzene rings is 2. The average Bonchev–Trinajstić information content (AvgIpc) is 3.12. The first-order chi connectivity index (χ1) is 13.6. The van der Waals surface area contributed by atoms with Crippen molar-refractivity contribution in [2.75, 3.05) is 17.7 Å². The summed E-state index contributed by atoms with van der Waals surface area (Å²) >= 11 is 3.46. The van der Waals surface area contributed by atoms with Crippen LogP contribution in [-0.2, 0) is 0 Å². The highest BCUT2D eigenvalue weighted by Gasteiger charge is 2.09. The van der Waals surface area contributed by atoms with Gasteiger partial charge in [0.2, 0.25) is 0 Å². The zero-order valence-electron chi connectivity index (χ0n) is 15.0. The second kappa shape index (κ2) is 7.74. The molecule has 0 unspecified atom stereocenters. The van der Waals surface area contributed by atoms with Crippen molar-refractivity contribution < 1.29 is 9.53 Å². The van der Waals surface area contributed by atoms with Crippen LogP contribution in [0, 0.1) is 0 Å². The van der Waals surface area contributed by atoms with Crippen LogP contribution in [0.5, 0.6) is 5.75 Å². The smallest absolute Gasteiger partial charge is 0.323 e. The fourth-order valence-corrected chi connectivity index (χ4v) is 3.25. The van der Waals surface area contributed by atoms with E-state index in [0.29, 0.717) is 17.1 Å². The van der Waals surface area contributed by atoms with Gasteiger partial charge in [-0.25, -0.2) is 9.78 Å². The van der Waals surface area contributed by atoms with E-state index in [1.54, 1.807) is 19.2 Å². The van der Waals surface area contributed by atoms with Gasteiger partial charge in [0.15, 0.2) is 0 Å². The van der Waals surface area contributed by atoms with Crippen molar-refractivity contribution in [1.82, 2.24) is 9.38 Å². The number of rotatable bonds is 4. The van der Waals surface area contributed by atoms with Crippen LogP contribution in [0.3, 0.4) is 0 Å². The fourth-order valence-electron chi connectivity index (χ4n) is 2.89. The molecule has 0 aliphatic rings. The molecule has 0 fully saturated rings. The van der Waals surface area contributed by atoms with E-state index >= 15 is 0 Å². The zero-order valence-corrected chi connectivity index (χ0v) is 16.6. The number of carbonyl (C=O) groups is 1. The van der Waals surface area contributed by atoms with Gasteiger partial charge < -0.3 is 19.8 Å². The lowest BCUT2D eigenvalue weighted by molar-refractivity contribution is 0.262. The normalized spacial score (nSPS) is 10.6. The van der Waals surface area contributed by atoms with E-state index < -0.39 is 0 Å². The number of fused-ring (bicyclic) bond motifs is 1. The number of nitrogens with one attached hydrogen (secondary N) is 2. The van der Waals surface area contributed by atoms with Gasteiger partial charge in [0, 0.05) is 28.1 Å². The number of para-hydroxylation sites is 2. The topological polar surface area (TPSA) is 67.7 Å². The van der Waals surface area contributed by atoms with Gasteiger partial charge >= 0.3 is 6.03 Å². The molecule has 0 spiro atoms. The van der Waals surface area contributed by atoms with Crippen molar-refractivity contribution in [2.24, 2.45) is 0 Å². The summed E-state index contributed by atoms with van der Waals surface area (Å²) in [7, 11) is 1.56. The lowest BCUT2D eigenvalue weighted by Crippen LogP contribution is -2.19. The molecule has 28 heavy (non-hydrogen) atoms. The highest BCUT2D eigenvalue weighted by Crippen LogP contribution is 2.25. The van der Waals surface area contributed by atoms with E-state index in [9.17, 15) is 4.79 Å². The van der Waals surface area contributed by atoms with Gasteiger partial charge in [-0.05, 0) is 52.3 Å². The minimum Gasteiger partial charge on any atom is -0.495 e. The summed E-state index contributed by atoms with van der Waals surface area (Å²) < 4.78 is 8.19. The van der Waals surface area contributed by atoms with E-state index in [1.807, 2.05) is 65.3 Å². The van der Waals surface area contributed by atoms with Gasteiger partial charge in [-0.3, -0.25) is 0 Å². The first kappa shape index (κ1) is 18.1. The number of hydrogen-bond donors (Lipinski definition) is 2. The van der Waals surface area contributed by atoms with Crippen LogP contribution in [0.25, 0.3) is 16.9 Å². The number of ether oxygens (including phenoxy) is 1. The molecule has 2 amide bonds. The standard InChI is InChI=1S/C21H17BrN4O2/c1-28-19-8-3-2-7-17(19)25-21(27)23-16-6-4-5-14(11-16)18-13-26-12-15(22)9-10-20(26)24-18/h2-13H,1H3,(H2,23,25,27). The summed E-state index contributed by atoms with van der Waals surface area (Å²) in [6.45, 7) is 0. The maximum atomic E-state index is 12.4.